The molecule has 20 heavy (non-hydrogen) atoms. The number of benzene rings is 1. The normalized spacial score (nSPS) is 10.3. The summed E-state index contributed by atoms with van der Waals surface area (Å²) in [6.45, 7) is 3.99. The fourth-order valence-electron chi connectivity index (χ4n) is 1.75. The van der Waals surface area contributed by atoms with Crippen LogP contribution in [0.4, 0.5) is 0 Å². The second-order valence-corrected chi connectivity index (χ2v) is 4.43. The van der Waals surface area contributed by atoms with Gasteiger partial charge in [-0.05, 0) is 18.9 Å². The molecule has 0 radical (unpaired) electrons. The van der Waals surface area contributed by atoms with Crippen molar-refractivity contribution in [1.29, 1.82) is 0 Å². The highest BCUT2D eigenvalue weighted by molar-refractivity contribution is 5.85. The molecule has 0 N–H and O–H groups in total. The first-order valence-electron chi connectivity index (χ1n) is 6.61. The van der Waals surface area contributed by atoms with E-state index in [-0.39, 0.29) is 12.4 Å². The van der Waals surface area contributed by atoms with Gasteiger partial charge in [0.1, 0.15) is 18.3 Å². The lowest BCUT2D eigenvalue weighted by Crippen LogP contribution is -2.14. The molecule has 1 aromatic carbocycles. The Bertz CT molecular complexity index is 585. The monoisotopic (exact) mass is 271 g/mol. The summed E-state index contributed by atoms with van der Waals surface area (Å²) >= 11 is 0. The van der Waals surface area contributed by atoms with Gasteiger partial charge in [0, 0.05) is 6.42 Å². The van der Waals surface area contributed by atoms with Gasteiger partial charge in [-0.2, -0.15) is 0 Å². The summed E-state index contributed by atoms with van der Waals surface area (Å²) in [5.74, 6) is 0.732. The summed E-state index contributed by atoms with van der Waals surface area (Å²) in [6.07, 6.45) is 1.64. The van der Waals surface area contributed by atoms with Crippen LogP contribution >= 0.6 is 0 Å². The maximum Gasteiger partial charge on any atom is 0.376 e. The quantitative estimate of drug-likeness (QED) is 0.782. The van der Waals surface area contributed by atoms with Crippen LogP contribution < -0.4 is 0 Å². The molecule has 0 aliphatic rings. The molecule has 2 rings (SSSR count). The van der Waals surface area contributed by atoms with Crippen LogP contribution in [0.5, 0.6) is 0 Å². The van der Waals surface area contributed by atoms with Crippen molar-refractivity contribution < 1.29 is 9.53 Å². The number of esters is 1. The number of hydrogen-bond donors (Lipinski definition) is 0. The smallest absolute Gasteiger partial charge is 0.376 e. The van der Waals surface area contributed by atoms with Crippen molar-refractivity contribution in [1.82, 2.24) is 15.0 Å². The number of rotatable bonds is 5. The molecule has 5 nitrogen and oxygen atoms in total. The maximum atomic E-state index is 12.0. The fourth-order valence-corrected chi connectivity index (χ4v) is 1.75. The summed E-state index contributed by atoms with van der Waals surface area (Å²) in [5.41, 5.74) is 0.931. The van der Waals surface area contributed by atoms with Gasteiger partial charge in [-0.3, -0.25) is 0 Å². The van der Waals surface area contributed by atoms with Crippen LogP contribution in [0.3, 0.4) is 0 Å². The highest BCUT2D eigenvalue weighted by Crippen LogP contribution is 2.05. The Hall–Kier alpha value is -2.30. The van der Waals surface area contributed by atoms with Gasteiger partial charge in [-0.15, -0.1) is 0 Å². The van der Waals surface area contributed by atoms with E-state index in [0.717, 1.165) is 18.4 Å². The molecule has 5 heteroatoms. The molecule has 0 saturated carbocycles. The fraction of sp³-hybridized carbons (Fsp3) is 0.333. The summed E-state index contributed by atoms with van der Waals surface area (Å²) in [7, 11) is 0. The van der Waals surface area contributed by atoms with Gasteiger partial charge in [0.25, 0.3) is 0 Å². The lowest BCUT2D eigenvalue weighted by molar-refractivity contribution is 0.0456. The van der Waals surface area contributed by atoms with Gasteiger partial charge in [-0.1, -0.05) is 37.3 Å². The Kier molecular flexibility index (Phi) is 4.76. The number of ether oxygens (including phenoxy) is 1. The van der Waals surface area contributed by atoms with E-state index >= 15 is 0 Å². The molecule has 1 aromatic heterocycles. The third kappa shape index (κ3) is 3.85. The maximum absolute atomic E-state index is 12.0. The zero-order chi connectivity index (χ0) is 14.4. The van der Waals surface area contributed by atoms with Crippen LogP contribution in [0.1, 0.15) is 41.2 Å². The van der Waals surface area contributed by atoms with Crippen LogP contribution in [0.25, 0.3) is 0 Å². The first kappa shape index (κ1) is 14.1. The van der Waals surface area contributed by atoms with E-state index in [1.165, 1.54) is 0 Å². The summed E-state index contributed by atoms with van der Waals surface area (Å²) in [5, 5.41) is 0. The zero-order valence-corrected chi connectivity index (χ0v) is 11.7. The van der Waals surface area contributed by atoms with Crippen molar-refractivity contribution in [3.05, 3.63) is 53.4 Å². The molecule has 0 saturated heterocycles. The van der Waals surface area contributed by atoms with Crippen LogP contribution in [-0.4, -0.2) is 20.9 Å². The lowest BCUT2D eigenvalue weighted by atomic mass is 10.2. The minimum Gasteiger partial charge on any atom is -0.455 e. The van der Waals surface area contributed by atoms with Crippen LogP contribution in [0.2, 0.25) is 0 Å². The van der Waals surface area contributed by atoms with E-state index in [2.05, 4.69) is 15.0 Å². The summed E-state index contributed by atoms with van der Waals surface area (Å²) < 4.78 is 5.21. The van der Waals surface area contributed by atoms with Crippen molar-refractivity contribution in [2.75, 3.05) is 0 Å². The van der Waals surface area contributed by atoms with Crippen LogP contribution in [0, 0.1) is 6.92 Å². The average molecular weight is 271 g/mol. The predicted octanol–water partition coefficient (Wildman–Crippen LogP) is 2.49. The second kappa shape index (κ2) is 6.75. The van der Waals surface area contributed by atoms with Gasteiger partial charge in [0.15, 0.2) is 0 Å². The standard InChI is InChI=1S/C15H17N3O2/c1-3-7-13-16-11(2)17-14(18-13)15(19)20-10-12-8-5-4-6-9-12/h4-6,8-9H,3,7,10H2,1-2H3. The van der Waals surface area contributed by atoms with Crippen molar-refractivity contribution in [2.45, 2.75) is 33.3 Å². The van der Waals surface area contributed by atoms with E-state index in [1.54, 1.807) is 6.92 Å². The Labute approximate surface area is 118 Å². The highest BCUT2D eigenvalue weighted by atomic mass is 16.5. The lowest BCUT2D eigenvalue weighted by Gasteiger charge is -2.05. The average Bonchev–Trinajstić information content (AvgIpc) is 2.45. The van der Waals surface area contributed by atoms with Crippen molar-refractivity contribution in [3.8, 4) is 0 Å². The third-order valence-electron chi connectivity index (χ3n) is 2.66. The van der Waals surface area contributed by atoms with Crippen LogP contribution in [-0.2, 0) is 17.8 Å². The molecule has 0 atom stereocenters. The molecule has 0 fully saturated rings. The molecule has 0 aliphatic carbocycles. The molecular formula is C15H17N3O2. The molecule has 0 aliphatic heterocycles. The van der Waals surface area contributed by atoms with Gasteiger partial charge < -0.3 is 4.74 Å². The molecule has 0 bridgehead atoms. The third-order valence-corrected chi connectivity index (χ3v) is 2.66. The first-order valence-corrected chi connectivity index (χ1v) is 6.61. The summed E-state index contributed by atoms with van der Waals surface area (Å²) in [6, 6.07) is 9.51. The molecule has 2 aromatic rings. The number of carbonyl (C=O) groups is 1. The molecule has 0 amide bonds. The van der Waals surface area contributed by atoms with E-state index in [4.69, 9.17) is 4.74 Å². The summed E-state index contributed by atoms with van der Waals surface area (Å²) in [4.78, 5) is 24.3. The van der Waals surface area contributed by atoms with Crippen LogP contribution in [0.15, 0.2) is 30.3 Å². The van der Waals surface area contributed by atoms with Gasteiger partial charge in [0.2, 0.25) is 5.82 Å². The minimum absolute atomic E-state index is 0.0804. The second-order valence-electron chi connectivity index (χ2n) is 4.43. The van der Waals surface area contributed by atoms with E-state index in [0.29, 0.717) is 11.6 Å². The molecule has 1 heterocycles. The Morgan fingerprint density at radius 2 is 1.90 bits per heavy atom. The van der Waals surface area contributed by atoms with E-state index in [1.807, 2.05) is 37.3 Å². The minimum atomic E-state index is -0.517. The zero-order valence-electron chi connectivity index (χ0n) is 11.7. The van der Waals surface area contributed by atoms with Gasteiger partial charge in [0.05, 0.1) is 0 Å². The molecule has 104 valence electrons. The van der Waals surface area contributed by atoms with Crippen molar-refractivity contribution in [2.24, 2.45) is 0 Å². The number of aromatic nitrogens is 3. The highest BCUT2D eigenvalue weighted by Gasteiger charge is 2.13. The SMILES string of the molecule is CCCc1nc(C)nc(C(=O)OCc2ccccc2)n1. The molecule has 0 unspecified atom stereocenters. The number of nitrogens with zero attached hydrogens (tertiary/aromatic N) is 3. The number of hydrogen-bond acceptors (Lipinski definition) is 5. The Morgan fingerprint density at radius 3 is 2.60 bits per heavy atom. The van der Waals surface area contributed by atoms with Crippen molar-refractivity contribution >= 4 is 5.97 Å². The predicted molar refractivity (Wildman–Crippen MR) is 74.1 cm³/mol. The van der Waals surface area contributed by atoms with Gasteiger partial charge >= 0.3 is 5.97 Å². The van der Waals surface area contributed by atoms with Crippen molar-refractivity contribution in [3.63, 3.8) is 0 Å². The molecule has 0 spiro atoms. The largest absolute Gasteiger partial charge is 0.455 e. The number of carbonyl (C=O) groups excluding carboxylic acids is 1. The Balaban J connectivity index is 2.05. The topological polar surface area (TPSA) is 65.0 Å². The Morgan fingerprint density at radius 1 is 1.15 bits per heavy atom. The first-order chi connectivity index (χ1) is 9.69. The molecular weight excluding hydrogens is 254 g/mol. The van der Waals surface area contributed by atoms with E-state index < -0.39 is 5.97 Å². The van der Waals surface area contributed by atoms with Gasteiger partial charge in [-0.25, -0.2) is 19.7 Å². The van der Waals surface area contributed by atoms with E-state index in [9.17, 15) is 4.79 Å². The number of aryl methyl sites for hydroxylation is 2.